The van der Waals surface area contributed by atoms with Gasteiger partial charge in [-0.1, -0.05) is 204 Å². The van der Waals surface area contributed by atoms with Gasteiger partial charge in [0.15, 0.2) is 18.7 Å². The molecule has 2 rings (SSSR count). The lowest BCUT2D eigenvalue weighted by atomic mass is 9.98. The molecule has 0 aromatic rings. The number of unbranched alkanes of at least 4 members (excludes halogenated alkanes) is 25. The summed E-state index contributed by atoms with van der Waals surface area (Å²) in [4.78, 5) is 25.9. The molecule has 0 amide bonds. The first-order chi connectivity index (χ1) is 36.5. The van der Waals surface area contributed by atoms with E-state index in [1.165, 1.54) is 122 Å². The second kappa shape index (κ2) is 46.4. The third-order valence-corrected chi connectivity index (χ3v) is 14.1. The van der Waals surface area contributed by atoms with Crippen LogP contribution < -0.4 is 0 Å². The van der Waals surface area contributed by atoms with Crippen LogP contribution in [-0.4, -0.2) is 142 Å². The van der Waals surface area contributed by atoms with E-state index >= 15 is 0 Å². The van der Waals surface area contributed by atoms with Crippen molar-refractivity contribution in [1.29, 1.82) is 0 Å². The highest BCUT2D eigenvalue weighted by Crippen LogP contribution is 2.27. The predicted octanol–water partition coefficient (Wildman–Crippen LogP) is 10.2. The maximum atomic E-state index is 13.1. The van der Waals surface area contributed by atoms with E-state index in [1.807, 2.05) is 0 Å². The Balaban J connectivity index is 1.76. The van der Waals surface area contributed by atoms with Crippen LogP contribution in [0.1, 0.15) is 226 Å². The number of rotatable bonds is 47. The number of carbonyl (C=O) groups excluding carboxylic acids is 2. The summed E-state index contributed by atoms with van der Waals surface area (Å²) in [5.74, 6) is -0.953. The van der Waals surface area contributed by atoms with Gasteiger partial charge >= 0.3 is 11.9 Å². The highest BCUT2D eigenvalue weighted by molar-refractivity contribution is 5.70. The minimum atomic E-state index is -1.77. The number of allylic oxidation sites excluding steroid dienone is 8. The second-order valence-electron chi connectivity index (χ2n) is 20.8. The maximum absolute atomic E-state index is 13.1. The fourth-order valence-corrected chi connectivity index (χ4v) is 9.20. The summed E-state index contributed by atoms with van der Waals surface area (Å²) in [6.45, 7) is 2.57. The topological polar surface area (TPSA) is 231 Å². The third-order valence-electron chi connectivity index (χ3n) is 14.1. The summed E-state index contributed by atoms with van der Waals surface area (Å²) >= 11 is 0. The van der Waals surface area contributed by atoms with Crippen molar-refractivity contribution in [3.63, 3.8) is 0 Å². The summed E-state index contributed by atoms with van der Waals surface area (Å²) in [5.41, 5.74) is 0. The molecule has 0 aromatic carbocycles. The molecule has 0 spiro atoms. The molecule has 2 saturated heterocycles. The van der Waals surface area contributed by atoms with Crippen molar-refractivity contribution < 1.29 is 73.8 Å². The van der Waals surface area contributed by atoms with Crippen LogP contribution >= 0.6 is 0 Å². The van der Waals surface area contributed by atoms with Gasteiger partial charge in [0.1, 0.15) is 55.4 Å². The van der Waals surface area contributed by atoms with Gasteiger partial charge in [-0.05, 0) is 57.8 Å². The fraction of sp³-hybridized carbons (Fsp3) is 0.833. The van der Waals surface area contributed by atoms with Crippen LogP contribution in [0.5, 0.6) is 0 Å². The van der Waals surface area contributed by atoms with Crippen molar-refractivity contribution in [1.82, 2.24) is 0 Å². The van der Waals surface area contributed by atoms with Crippen LogP contribution in [-0.2, 0) is 38.0 Å². The summed E-state index contributed by atoms with van der Waals surface area (Å²) in [6, 6.07) is 0. The van der Waals surface area contributed by atoms with Gasteiger partial charge in [-0.2, -0.15) is 0 Å². The smallest absolute Gasteiger partial charge is 0.306 e. The van der Waals surface area contributed by atoms with Crippen LogP contribution in [0.15, 0.2) is 48.6 Å². The first kappa shape index (κ1) is 68.6. The van der Waals surface area contributed by atoms with Gasteiger partial charge in [0.05, 0.1) is 19.8 Å². The lowest BCUT2D eigenvalue weighted by Crippen LogP contribution is -2.61. The van der Waals surface area contributed by atoms with E-state index in [-0.39, 0.29) is 19.4 Å². The summed E-state index contributed by atoms with van der Waals surface area (Å²) in [5, 5.41) is 72.3. The molecule has 75 heavy (non-hydrogen) atoms. The molecule has 15 heteroatoms. The molecule has 2 aliphatic heterocycles. The molecule has 4 unspecified atom stereocenters. The van der Waals surface area contributed by atoms with Gasteiger partial charge in [0.25, 0.3) is 0 Å². The van der Waals surface area contributed by atoms with Gasteiger partial charge in [-0.15, -0.1) is 0 Å². The third kappa shape index (κ3) is 33.5. The first-order valence-corrected chi connectivity index (χ1v) is 29.7. The van der Waals surface area contributed by atoms with Crippen molar-refractivity contribution in [3.8, 4) is 0 Å². The molecule has 15 nitrogen and oxygen atoms in total. The zero-order valence-electron chi connectivity index (χ0n) is 46.5. The van der Waals surface area contributed by atoms with Crippen molar-refractivity contribution in [2.45, 2.75) is 293 Å². The molecular formula is C60H106O15. The molecule has 0 bridgehead atoms. The molecule has 0 saturated carbocycles. The fourth-order valence-electron chi connectivity index (χ4n) is 9.20. The lowest BCUT2D eigenvalue weighted by molar-refractivity contribution is -0.332. The molecule has 436 valence electrons. The molecule has 0 aliphatic carbocycles. The van der Waals surface area contributed by atoms with E-state index in [0.717, 1.165) is 64.2 Å². The predicted molar refractivity (Wildman–Crippen MR) is 293 cm³/mol. The highest BCUT2D eigenvalue weighted by atomic mass is 16.7. The lowest BCUT2D eigenvalue weighted by Gasteiger charge is -2.42. The Morgan fingerprint density at radius 1 is 0.427 bits per heavy atom. The van der Waals surface area contributed by atoms with Crippen LogP contribution in [0.25, 0.3) is 0 Å². The largest absolute Gasteiger partial charge is 0.462 e. The number of hydrogen-bond acceptors (Lipinski definition) is 15. The number of hydrogen-bond donors (Lipinski definition) is 7. The average molecular weight is 1070 g/mol. The van der Waals surface area contributed by atoms with Crippen LogP contribution in [0.4, 0.5) is 0 Å². The molecule has 2 heterocycles. The maximum Gasteiger partial charge on any atom is 0.306 e. The Kier molecular flexibility index (Phi) is 42.4. The van der Waals surface area contributed by atoms with E-state index in [2.05, 4.69) is 62.5 Å². The standard InChI is InChI=1S/C60H106O15/c1-3-5-7-9-11-13-15-17-19-21-23-25-27-29-31-33-35-37-39-41-43-52(63)73-48(45-70-51(62)42-40-38-36-34-32-30-28-26-24-22-20-18-16-14-12-10-8-6-4-2)46-71-59-58(69)56(67)54(65)50(75-59)47-72-60-57(68)55(66)53(64)49(44-61)74-60/h12,14,18,20,24,26,30,32,48-50,53-61,64-69H,3-11,13,15-17,19,21-23,25,27-29,31,33-47H2,1-2H3/b14-12+,20-18+,26-24+,32-30+/t48-,49+,50+,53-,54-,55?,56?,57?,58?,59+,60+/m1/s1. The highest BCUT2D eigenvalue weighted by Gasteiger charge is 2.47. The SMILES string of the molecule is CCCCC/C=C/C/C=C/C/C=C/C/C=C/CCCCCC(=O)OC[C@H](CO[C@H]1O[C@@H](CO[C@H]2O[C@@H](CO)[C@@H](O)C(O)C2O)[C@@H](O)C(O)C1O)OC(=O)CCCCCCCCCCCCCCCCCCCCCC. The number of ether oxygens (including phenoxy) is 6. The Bertz CT molecular complexity index is 1490. The van der Waals surface area contributed by atoms with Crippen molar-refractivity contribution in [2.75, 3.05) is 26.4 Å². The van der Waals surface area contributed by atoms with Gasteiger partial charge in [-0.3, -0.25) is 9.59 Å². The number of aliphatic hydroxyl groups excluding tert-OH is 7. The normalized spacial score (nSPS) is 24.8. The minimum Gasteiger partial charge on any atom is -0.462 e. The Morgan fingerprint density at radius 2 is 0.800 bits per heavy atom. The van der Waals surface area contributed by atoms with Crippen LogP contribution in [0, 0.1) is 0 Å². The quantitative estimate of drug-likeness (QED) is 0.0171. The molecule has 7 N–H and O–H groups in total. The van der Waals surface area contributed by atoms with Crippen LogP contribution in [0.2, 0.25) is 0 Å². The van der Waals surface area contributed by atoms with Crippen molar-refractivity contribution in [2.24, 2.45) is 0 Å². The molecule has 2 aliphatic rings. The zero-order valence-corrected chi connectivity index (χ0v) is 46.5. The average Bonchev–Trinajstić information content (AvgIpc) is 3.40. The number of esters is 2. The second-order valence-corrected chi connectivity index (χ2v) is 20.8. The Labute approximate surface area is 452 Å². The zero-order chi connectivity index (χ0) is 54.6. The molecule has 2 fully saturated rings. The first-order valence-electron chi connectivity index (χ1n) is 29.7. The van der Waals surface area contributed by atoms with E-state index in [9.17, 15) is 45.3 Å². The Hall–Kier alpha value is -2.54. The van der Waals surface area contributed by atoms with E-state index < -0.39 is 99.3 Å². The van der Waals surface area contributed by atoms with Crippen molar-refractivity contribution in [3.05, 3.63) is 48.6 Å². The van der Waals surface area contributed by atoms with E-state index in [1.54, 1.807) is 0 Å². The van der Waals surface area contributed by atoms with Crippen LogP contribution in [0.3, 0.4) is 0 Å². The minimum absolute atomic E-state index is 0.160. The molecular weight excluding hydrogens is 961 g/mol. The van der Waals surface area contributed by atoms with Crippen molar-refractivity contribution >= 4 is 11.9 Å². The molecule has 0 radical (unpaired) electrons. The monoisotopic (exact) mass is 1070 g/mol. The Morgan fingerprint density at radius 3 is 1.28 bits per heavy atom. The summed E-state index contributed by atoms with van der Waals surface area (Å²) in [6.07, 6.45) is 37.0. The van der Waals surface area contributed by atoms with Gasteiger partial charge in [0, 0.05) is 12.8 Å². The number of carbonyl (C=O) groups is 2. The summed E-state index contributed by atoms with van der Waals surface area (Å²) in [7, 11) is 0. The number of aliphatic hydroxyl groups is 7. The van der Waals surface area contributed by atoms with E-state index in [0.29, 0.717) is 12.8 Å². The van der Waals surface area contributed by atoms with Gasteiger partial charge in [-0.25, -0.2) is 0 Å². The van der Waals surface area contributed by atoms with Gasteiger partial charge in [0.2, 0.25) is 0 Å². The molecule has 0 aromatic heterocycles. The summed E-state index contributed by atoms with van der Waals surface area (Å²) < 4.78 is 33.7. The van der Waals surface area contributed by atoms with Gasteiger partial charge < -0.3 is 64.2 Å². The van der Waals surface area contributed by atoms with E-state index in [4.69, 9.17) is 28.4 Å². The molecule has 11 atom stereocenters.